The lowest BCUT2D eigenvalue weighted by molar-refractivity contribution is 0.0964. The molecule has 4 nitrogen and oxygen atoms in total. The summed E-state index contributed by atoms with van der Waals surface area (Å²) in [6.45, 7) is 0. The Morgan fingerprint density at radius 1 is 1.23 bits per heavy atom. The SMILES string of the molecule is C#Cc1cc(F)cc2c(-c3ccc4c(C(=O)NC)cccc4n3)c[nH]c12. The third-order valence-corrected chi connectivity index (χ3v) is 4.39. The Balaban J connectivity index is 1.93. The van der Waals surface area contributed by atoms with Crippen LogP contribution in [0.4, 0.5) is 4.39 Å². The molecule has 2 aromatic heterocycles. The fraction of sp³-hybridized carbons (Fsp3) is 0.0476. The third kappa shape index (κ3) is 2.40. The highest BCUT2D eigenvalue weighted by molar-refractivity contribution is 6.07. The molecular formula is C21H14FN3O. The standard InChI is InChI=1S/C21H14FN3O/c1-3-12-9-13(22)10-16-17(11-24-20(12)16)19-8-7-14-15(21(26)23-2)5-4-6-18(14)25-19/h1,4-11,24H,2H3,(H,23,26). The molecule has 4 aromatic rings. The highest BCUT2D eigenvalue weighted by atomic mass is 19.1. The Morgan fingerprint density at radius 3 is 2.85 bits per heavy atom. The predicted molar refractivity (Wildman–Crippen MR) is 100 cm³/mol. The van der Waals surface area contributed by atoms with E-state index < -0.39 is 5.82 Å². The van der Waals surface area contributed by atoms with E-state index in [1.54, 1.807) is 25.4 Å². The number of benzene rings is 2. The largest absolute Gasteiger partial charge is 0.359 e. The zero-order valence-electron chi connectivity index (χ0n) is 13.9. The van der Waals surface area contributed by atoms with Crippen LogP contribution in [0.1, 0.15) is 15.9 Å². The van der Waals surface area contributed by atoms with Gasteiger partial charge in [0.1, 0.15) is 5.82 Å². The summed E-state index contributed by atoms with van der Waals surface area (Å²) in [7, 11) is 1.59. The molecule has 4 rings (SSSR count). The zero-order valence-corrected chi connectivity index (χ0v) is 13.9. The highest BCUT2D eigenvalue weighted by Gasteiger charge is 2.14. The van der Waals surface area contributed by atoms with Crippen LogP contribution in [0, 0.1) is 18.2 Å². The highest BCUT2D eigenvalue weighted by Crippen LogP contribution is 2.31. The monoisotopic (exact) mass is 343 g/mol. The lowest BCUT2D eigenvalue weighted by Crippen LogP contribution is -2.18. The van der Waals surface area contributed by atoms with Gasteiger partial charge in [-0.1, -0.05) is 12.0 Å². The molecule has 2 heterocycles. The molecule has 126 valence electrons. The number of nitrogens with one attached hydrogen (secondary N) is 2. The molecule has 0 radical (unpaired) electrons. The van der Waals surface area contributed by atoms with Gasteiger partial charge in [-0.15, -0.1) is 6.42 Å². The predicted octanol–water partition coefficient (Wildman–Crippen LogP) is 3.86. The van der Waals surface area contributed by atoms with Gasteiger partial charge in [0.25, 0.3) is 5.91 Å². The molecule has 0 aliphatic rings. The van der Waals surface area contributed by atoms with Crippen LogP contribution >= 0.6 is 0 Å². The molecule has 0 atom stereocenters. The normalized spacial score (nSPS) is 10.8. The molecule has 0 fully saturated rings. The van der Waals surface area contributed by atoms with Gasteiger partial charge in [0.2, 0.25) is 0 Å². The lowest BCUT2D eigenvalue weighted by atomic mass is 10.0. The number of rotatable bonds is 2. The molecule has 0 saturated carbocycles. The Labute approximate surface area is 149 Å². The number of hydrogen-bond donors (Lipinski definition) is 2. The number of amides is 1. The second-order valence-corrected chi connectivity index (χ2v) is 5.87. The molecule has 0 aliphatic carbocycles. The number of H-pyrrole nitrogens is 1. The Morgan fingerprint density at radius 2 is 2.08 bits per heavy atom. The maximum Gasteiger partial charge on any atom is 0.251 e. The van der Waals surface area contributed by atoms with Crippen molar-refractivity contribution in [1.82, 2.24) is 15.3 Å². The van der Waals surface area contributed by atoms with E-state index >= 15 is 0 Å². The summed E-state index contributed by atoms with van der Waals surface area (Å²) in [6.07, 6.45) is 7.24. The van der Waals surface area contributed by atoms with Crippen molar-refractivity contribution in [1.29, 1.82) is 0 Å². The smallest absolute Gasteiger partial charge is 0.251 e. The first-order chi connectivity index (χ1) is 12.6. The number of hydrogen-bond acceptors (Lipinski definition) is 2. The van der Waals surface area contributed by atoms with Crippen LogP contribution in [0.2, 0.25) is 0 Å². The van der Waals surface area contributed by atoms with E-state index in [9.17, 15) is 9.18 Å². The summed E-state index contributed by atoms with van der Waals surface area (Å²) >= 11 is 0. The van der Waals surface area contributed by atoms with Gasteiger partial charge < -0.3 is 10.3 Å². The molecular weight excluding hydrogens is 329 g/mol. The Bertz CT molecular complexity index is 1220. The summed E-state index contributed by atoms with van der Waals surface area (Å²) in [5.41, 5.74) is 3.84. The van der Waals surface area contributed by atoms with Crippen LogP contribution in [-0.4, -0.2) is 22.9 Å². The molecule has 0 saturated heterocycles. The van der Waals surface area contributed by atoms with Gasteiger partial charge in [-0.2, -0.15) is 0 Å². The molecule has 0 bridgehead atoms. The van der Waals surface area contributed by atoms with E-state index in [2.05, 4.69) is 21.2 Å². The number of carbonyl (C=O) groups is 1. The number of carbonyl (C=O) groups excluding carboxylic acids is 1. The van der Waals surface area contributed by atoms with Crippen molar-refractivity contribution in [3.05, 3.63) is 65.6 Å². The Kier molecular flexibility index (Phi) is 3.67. The van der Waals surface area contributed by atoms with E-state index in [0.717, 1.165) is 10.9 Å². The third-order valence-electron chi connectivity index (χ3n) is 4.39. The van der Waals surface area contributed by atoms with Crippen LogP contribution in [0.5, 0.6) is 0 Å². The van der Waals surface area contributed by atoms with Crippen molar-refractivity contribution in [2.45, 2.75) is 0 Å². The second kappa shape index (κ2) is 6.01. The van der Waals surface area contributed by atoms with E-state index in [-0.39, 0.29) is 5.91 Å². The molecule has 2 aromatic carbocycles. The number of halogens is 1. The number of fused-ring (bicyclic) bond motifs is 2. The molecule has 1 amide bonds. The second-order valence-electron chi connectivity index (χ2n) is 5.87. The van der Waals surface area contributed by atoms with E-state index in [0.29, 0.717) is 33.2 Å². The van der Waals surface area contributed by atoms with E-state index in [1.165, 1.54) is 12.1 Å². The van der Waals surface area contributed by atoms with Crippen LogP contribution in [-0.2, 0) is 0 Å². The van der Waals surface area contributed by atoms with Gasteiger partial charge in [-0.25, -0.2) is 9.37 Å². The average molecular weight is 343 g/mol. The summed E-state index contributed by atoms with van der Waals surface area (Å²) < 4.78 is 13.9. The first-order valence-electron chi connectivity index (χ1n) is 8.02. The van der Waals surface area contributed by atoms with Gasteiger partial charge in [-0.3, -0.25) is 4.79 Å². The molecule has 0 spiro atoms. The zero-order chi connectivity index (χ0) is 18.3. The number of pyridine rings is 1. The quantitative estimate of drug-likeness (QED) is 0.543. The molecule has 0 unspecified atom stereocenters. The summed E-state index contributed by atoms with van der Waals surface area (Å²) in [6, 6.07) is 11.8. The molecule has 26 heavy (non-hydrogen) atoms. The van der Waals surface area contributed by atoms with Crippen LogP contribution in [0.3, 0.4) is 0 Å². The minimum Gasteiger partial charge on any atom is -0.359 e. The van der Waals surface area contributed by atoms with Gasteiger partial charge in [0.05, 0.1) is 22.3 Å². The van der Waals surface area contributed by atoms with Crippen molar-refractivity contribution in [3.63, 3.8) is 0 Å². The fourth-order valence-electron chi connectivity index (χ4n) is 3.16. The summed E-state index contributed by atoms with van der Waals surface area (Å²) in [4.78, 5) is 19.8. The maximum atomic E-state index is 13.9. The average Bonchev–Trinajstić information content (AvgIpc) is 3.09. The van der Waals surface area contributed by atoms with Crippen molar-refractivity contribution < 1.29 is 9.18 Å². The number of aromatic nitrogens is 2. The minimum atomic E-state index is -0.394. The maximum absolute atomic E-state index is 13.9. The summed E-state index contributed by atoms with van der Waals surface area (Å²) in [5.74, 6) is 1.93. The molecule has 5 heteroatoms. The van der Waals surface area contributed by atoms with E-state index in [4.69, 9.17) is 6.42 Å². The number of terminal acetylenes is 1. The molecule has 2 N–H and O–H groups in total. The van der Waals surface area contributed by atoms with Gasteiger partial charge >= 0.3 is 0 Å². The van der Waals surface area contributed by atoms with Crippen LogP contribution in [0.15, 0.2) is 48.7 Å². The first-order valence-corrected chi connectivity index (χ1v) is 8.02. The summed E-state index contributed by atoms with van der Waals surface area (Å²) in [5, 5.41) is 4.06. The topological polar surface area (TPSA) is 57.8 Å². The Hall–Kier alpha value is -3.65. The number of nitrogens with zero attached hydrogens (tertiary/aromatic N) is 1. The van der Waals surface area contributed by atoms with Crippen molar-refractivity contribution >= 4 is 27.7 Å². The van der Waals surface area contributed by atoms with Crippen molar-refractivity contribution in [3.8, 4) is 23.6 Å². The van der Waals surface area contributed by atoms with Gasteiger partial charge in [-0.05, 0) is 36.4 Å². The fourth-order valence-corrected chi connectivity index (χ4v) is 3.16. The first kappa shape index (κ1) is 15.9. The van der Waals surface area contributed by atoms with Crippen LogP contribution in [0.25, 0.3) is 33.1 Å². The van der Waals surface area contributed by atoms with Crippen LogP contribution < -0.4 is 5.32 Å². The van der Waals surface area contributed by atoms with Gasteiger partial charge in [0.15, 0.2) is 0 Å². The molecule has 0 aliphatic heterocycles. The minimum absolute atomic E-state index is 0.169. The van der Waals surface area contributed by atoms with Crippen molar-refractivity contribution in [2.75, 3.05) is 7.05 Å². The number of aromatic amines is 1. The lowest BCUT2D eigenvalue weighted by Gasteiger charge is -2.07. The van der Waals surface area contributed by atoms with E-state index in [1.807, 2.05) is 18.2 Å². The van der Waals surface area contributed by atoms with Crippen molar-refractivity contribution in [2.24, 2.45) is 0 Å². The van der Waals surface area contributed by atoms with Gasteiger partial charge in [0, 0.05) is 35.1 Å².